The molecule has 0 aromatic heterocycles. The van der Waals surface area contributed by atoms with E-state index in [9.17, 15) is 5.11 Å². The van der Waals surface area contributed by atoms with Crippen LogP contribution < -0.4 is 0 Å². The van der Waals surface area contributed by atoms with E-state index in [2.05, 4.69) is 13.8 Å². The third kappa shape index (κ3) is 9.17. The fraction of sp³-hybridized carbons (Fsp3) is 1.00. The van der Waals surface area contributed by atoms with E-state index in [1.165, 1.54) is 12.8 Å². The Morgan fingerprint density at radius 3 is 1.94 bits per heavy atom. The molecule has 0 spiro atoms. The van der Waals surface area contributed by atoms with Crippen LogP contribution in [0.3, 0.4) is 0 Å². The average molecular weight is 230 g/mol. The molecule has 0 saturated carbocycles. The molecule has 16 heavy (non-hydrogen) atoms. The van der Waals surface area contributed by atoms with Crippen molar-refractivity contribution in [2.24, 2.45) is 5.92 Å². The van der Waals surface area contributed by atoms with Crippen LogP contribution in [0.25, 0.3) is 0 Å². The SMILES string of the molecule is CCCCCC(O)CCCCC(CC)CO. The number of hydrogen-bond donors (Lipinski definition) is 2. The topological polar surface area (TPSA) is 40.5 Å². The molecule has 2 atom stereocenters. The van der Waals surface area contributed by atoms with E-state index in [0.29, 0.717) is 12.5 Å². The first-order chi connectivity index (χ1) is 7.74. The van der Waals surface area contributed by atoms with Gasteiger partial charge in [-0.25, -0.2) is 0 Å². The molecule has 0 fully saturated rings. The fourth-order valence-corrected chi connectivity index (χ4v) is 2.01. The molecule has 2 N–H and O–H groups in total. The first-order valence-corrected chi connectivity index (χ1v) is 7.03. The largest absolute Gasteiger partial charge is 0.396 e. The molecule has 2 heteroatoms. The third-order valence-corrected chi connectivity index (χ3v) is 3.38. The molecule has 0 heterocycles. The predicted molar refractivity (Wildman–Crippen MR) is 69.5 cm³/mol. The molecule has 0 amide bonds. The standard InChI is InChI=1S/C14H30O2/c1-3-5-6-10-14(16)11-8-7-9-13(4-2)12-15/h13-16H,3-12H2,1-2H3. The lowest BCUT2D eigenvalue weighted by molar-refractivity contribution is 0.145. The van der Waals surface area contributed by atoms with Crippen molar-refractivity contribution in [2.75, 3.05) is 6.61 Å². The van der Waals surface area contributed by atoms with Gasteiger partial charge >= 0.3 is 0 Å². The molecule has 0 aliphatic rings. The summed E-state index contributed by atoms with van der Waals surface area (Å²) in [5.74, 6) is 0.470. The van der Waals surface area contributed by atoms with Crippen LogP contribution in [-0.4, -0.2) is 22.9 Å². The van der Waals surface area contributed by atoms with Crippen molar-refractivity contribution in [3.8, 4) is 0 Å². The molecule has 0 rings (SSSR count). The Bertz CT molecular complexity index is 133. The smallest absolute Gasteiger partial charge is 0.0540 e. The minimum atomic E-state index is -0.0965. The molecule has 0 bridgehead atoms. The van der Waals surface area contributed by atoms with Crippen molar-refractivity contribution in [3.05, 3.63) is 0 Å². The lowest BCUT2D eigenvalue weighted by Crippen LogP contribution is -2.08. The lowest BCUT2D eigenvalue weighted by Gasteiger charge is -2.13. The quantitative estimate of drug-likeness (QED) is 0.533. The molecule has 0 aliphatic carbocycles. The Morgan fingerprint density at radius 2 is 1.44 bits per heavy atom. The Balaban J connectivity index is 3.29. The summed E-state index contributed by atoms with van der Waals surface area (Å²) in [6, 6.07) is 0. The van der Waals surface area contributed by atoms with Gasteiger partial charge in [-0.3, -0.25) is 0 Å². The van der Waals surface area contributed by atoms with Crippen LogP contribution in [0.2, 0.25) is 0 Å². The molecule has 0 radical (unpaired) electrons. The molecule has 0 aromatic carbocycles. The summed E-state index contributed by atoms with van der Waals surface area (Å²) in [6.07, 6.45) is 9.84. The lowest BCUT2D eigenvalue weighted by atomic mass is 9.98. The number of aliphatic hydroxyl groups excluding tert-OH is 2. The maximum atomic E-state index is 9.71. The van der Waals surface area contributed by atoms with Gasteiger partial charge in [-0.2, -0.15) is 0 Å². The van der Waals surface area contributed by atoms with Gasteiger partial charge in [0.1, 0.15) is 0 Å². The van der Waals surface area contributed by atoms with E-state index in [4.69, 9.17) is 5.11 Å². The van der Waals surface area contributed by atoms with Crippen LogP contribution in [0.5, 0.6) is 0 Å². The van der Waals surface area contributed by atoms with Crippen molar-refractivity contribution >= 4 is 0 Å². The summed E-state index contributed by atoms with van der Waals surface area (Å²) in [4.78, 5) is 0. The molecule has 98 valence electrons. The van der Waals surface area contributed by atoms with Crippen LogP contribution in [0.1, 0.15) is 71.6 Å². The highest BCUT2D eigenvalue weighted by Crippen LogP contribution is 2.15. The van der Waals surface area contributed by atoms with Crippen molar-refractivity contribution in [1.29, 1.82) is 0 Å². The van der Waals surface area contributed by atoms with Gasteiger partial charge in [0.25, 0.3) is 0 Å². The number of hydrogen-bond acceptors (Lipinski definition) is 2. The Morgan fingerprint density at radius 1 is 0.875 bits per heavy atom. The van der Waals surface area contributed by atoms with Gasteiger partial charge in [-0.1, -0.05) is 52.4 Å². The van der Waals surface area contributed by atoms with Gasteiger partial charge in [0.2, 0.25) is 0 Å². The molecule has 2 nitrogen and oxygen atoms in total. The zero-order valence-corrected chi connectivity index (χ0v) is 11.1. The minimum Gasteiger partial charge on any atom is -0.396 e. The van der Waals surface area contributed by atoms with Gasteiger partial charge < -0.3 is 10.2 Å². The zero-order valence-electron chi connectivity index (χ0n) is 11.1. The average Bonchev–Trinajstić information content (AvgIpc) is 2.30. The van der Waals surface area contributed by atoms with E-state index < -0.39 is 0 Å². The van der Waals surface area contributed by atoms with Crippen LogP contribution in [-0.2, 0) is 0 Å². The molecule has 0 aromatic rings. The zero-order chi connectivity index (χ0) is 12.2. The van der Waals surface area contributed by atoms with Crippen LogP contribution in [0.15, 0.2) is 0 Å². The Labute approximate surface area is 101 Å². The Kier molecular flexibility index (Phi) is 11.3. The van der Waals surface area contributed by atoms with Gasteiger partial charge in [0.05, 0.1) is 6.10 Å². The van der Waals surface area contributed by atoms with E-state index in [-0.39, 0.29) is 6.10 Å². The van der Waals surface area contributed by atoms with Crippen LogP contribution in [0.4, 0.5) is 0 Å². The molecule has 2 unspecified atom stereocenters. The monoisotopic (exact) mass is 230 g/mol. The van der Waals surface area contributed by atoms with E-state index >= 15 is 0 Å². The summed E-state index contributed by atoms with van der Waals surface area (Å²) in [7, 11) is 0. The van der Waals surface area contributed by atoms with Crippen molar-refractivity contribution in [3.63, 3.8) is 0 Å². The maximum absolute atomic E-state index is 9.71. The van der Waals surface area contributed by atoms with Crippen LogP contribution >= 0.6 is 0 Å². The fourth-order valence-electron chi connectivity index (χ4n) is 2.01. The number of rotatable bonds is 11. The second kappa shape index (κ2) is 11.4. The molecular weight excluding hydrogens is 200 g/mol. The van der Waals surface area contributed by atoms with Gasteiger partial charge in [-0.15, -0.1) is 0 Å². The van der Waals surface area contributed by atoms with Crippen molar-refractivity contribution in [2.45, 2.75) is 77.7 Å². The summed E-state index contributed by atoms with van der Waals surface area (Å²) in [5.41, 5.74) is 0. The maximum Gasteiger partial charge on any atom is 0.0540 e. The first-order valence-electron chi connectivity index (χ1n) is 7.03. The van der Waals surface area contributed by atoms with Gasteiger partial charge in [0.15, 0.2) is 0 Å². The molecule has 0 aliphatic heterocycles. The Hall–Kier alpha value is -0.0800. The van der Waals surface area contributed by atoms with Crippen LogP contribution in [0, 0.1) is 5.92 Å². The second-order valence-electron chi connectivity index (χ2n) is 4.89. The van der Waals surface area contributed by atoms with E-state index in [0.717, 1.165) is 44.9 Å². The number of unbranched alkanes of at least 4 members (excludes halogenated alkanes) is 3. The minimum absolute atomic E-state index is 0.0965. The van der Waals surface area contributed by atoms with Gasteiger partial charge in [-0.05, 0) is 25.2 Å². The highest BCUT2D eigenvalue weighted by molar-refractivity contribution is 4.59. The predicted octanol–water partition coefficient (Wildman–Crippen LogP) is 3.51. The normalized spacial score (nSPS) is 15.0. The summed E-state index contributed by atoms with van der Waals surface area (Å²) < 4.78 is 0. The van der Waals surface area contributed by atoms with Gasteiger partial charge in [0, 0.05) is 6.61 Å². The highest BCUT2D eigenvalue weighted by atomic mass is 16.3. The highest BCUT2D eigenvalue weighted by Gasteiger charge is 2.06. The van der Waals surface area contributed by atoms with E-state index in [1.807, 2.05) is 0 Å². The molecule has 0 saturated heterocycles. The summed E-state index contributed by atoms with van der Waals surface area (Å²) in [5, 5.41) is 18.7. The van der Waals surface area contributed by atoms with Crippen molar-refractivity contribution in [1.82, 2.24) is 0 Å². The first kappa shape index (κ1) is 15.9. The molecular formula is C14H30O2. The van der Waals surface area contributed by atoms with Crippen molar-refractivity contribution < 1.29 is 10.2 Å². The summed E-state index contributed by atoms with van der Waals surface area (Å²) >= 11 is 0. The van der Waals surface area contributed by atoms with E-state index in [1.54, 1.807) is 0 Å². The third-order valence-electron chi connectivity index (χ3n) is 3.38. The second-order valence-corrected chi connectivity index (χ2v) is 4.89. The summed E-state index contributed by atoms with van der Waals surface area (Å²) in [6.45, 7) is 4.63. The number of aliphatic hydroxyl groups is 2.